The summed E-state index contributed by atoms with van der Waals surface area (Å²) in [6.07, 6.45) is 0. The van der Waals surface area contributed by atoms with Gasteiger partial charge < -0.3 is 15.2 Å². The summed E-state index contributed by atoms with van der Waals surface area (Å²) in [6, 6.07) is 10.1. The van der Waals surface area contributed by atoms with Gasteiger partial charge in [0.05, 0.1) is 7.11 Å². The maximum absolute atomic E-state index is 11.6. The summed E-state index contributed by atoms with van der Waals surface area (Å²) in [6.45, 7) is 5.18. The molecular formula is C17H16N4O3. The van der Waals surface area contributed by atoms with E-state index in [-0.39, 0.29) is 11.7 Å². The molecular weight excluding hydrogens is 308 g/mol. The number of ether oxygens (including phenoxy) is 1. The molecule has 0 fully saturated rings. The zero-order valence-electron chi connectivity index (χ0n) is 13.3. The Hall–Kier alpha value is -3.35. The lowest BCUT2D eigenvalue weighted by Gasteiger charge is -2.08. The molecule has 1 amide bonds. The first-order valence-electron chi connectivity index (χ1n) is 7.19. The number of nitrogens with one attached hydrogen (secondary N) is 1. The average molecular weight is 324 g/mol. The van der Waals surface area contributed by atoms with Gasteiger partial charge in [-0.25, -0.2) is 0 Å². The molecule has 1 aromatic heterocycles. The van der Waals surface area contributed by atoms with Crippen molar-refractivity contribution in [1.82, 2.24) is 15.0 Å². The van der Waals surface area contributed by atoms with E-state index in [4.69, 9.17) is 4.74 Å². The number of carbonyl (C=O) groups is 1. The number of hydrogen-bond acceptors (Lipinski definition) is 5. The van der Waals surface area contributed by atoms with Crippen LogP contribution >= 0.6 is 0 Å². The highest BCUT2D eigenvalue weighted by atomic mass is 16.5. The number of benzene rings is 2. The summed E-state index contributed by atoms with van der Waals surface area (Å²) in [4.78, 5) is 13.0. The Morgan fingerprint density at radius 3 is 2.62 bits per heavy atom. The van der Waals surface area contributed by atoms with Crippen molar-refractivity contribution in [3.8, 4) is 17.2 Å². The lowest BCUT2D eigenvalue weighted by Crippen LogP contribution is -2.11. The Balaban J connectivity index is 1.94. The van der Waals surface area contributed by atoms with Gasteiger partial charge >= 0.3 is 0 Å². The van der Waals surface area contributed by atoms with Crippen LogP contribution < -0.4 is 10.1 Å². The number of aromatic hydroxyl groups is 1. The lowest BCUT2D eigenvalue weighted by molar-refractivity contribution is -0.112. The SMILES string of the molecule is C=C(C)C(=O)Nc1ccc(-n2nc3ccc(OC)cc3n2)c(O)c1. The van der Waals surface area contributed by atoms with Gasteiger partial charge in [-0.2, -0.15) is 0 Å². The highest BCUT2D eigenvalue weighted by molar-refractivity contribution is 6.02. The Morgan fingerprint density at radius 1 is 1.21 bits per heavy atom. The summed E-state index contributed by atoms with van der Waals surface area (Å²) in [7, 11) is 1.58. The van der Waals surface area contributed by atoms with Crippen molar-refractivity contribution in [2.24, 2.45) is 0 Å². The van der Waals surface area contributed by atoms with Crippen molar-refractivity contribution in [3.05, 3.63) is 48.6 Å². The minimum Gasteiger partial charge on any atom is -0.506 e. The molecule has 0 bridgehead atoms. The van der Waals surface area contributed by atoms with Crippen LogP contribution in [0.4, 0.5) is 5.69 Å². The second-order valence-corrected chi connectivity index (χ2v) is 5.28. The van der Waals surface area contributed by atoms with Gasteiger partial charge in [0.2, 0.25) is 0 Å². The number of nitrogens with zero attached hydrogens (tertiary/aromatic N) is 3. The quantitative estimate of drug-likeness (QED) is 0.720. The van der Waals surface area contributed by atoms with E-state index in [0.29, 0.717) is 33.7 Å². The van der Waals surface area contributed by atoms with E-state index in [9.17, 15) is 9.90 Å². The van der Waals surface area contributed by atoms with Gasteiger partial charge in [0, 0.05) is 23.4 Å². The lowest BCUT2D eigenvalue weighted by atomic mass is 10.2. The van der Waals surface area contributed by atoms with Crippen molar-refractivity contribution in [2.45, 2.75) is 6.92 Å². The Kier molecular flexibility index (Phi) is 3.91. The van der Waals surface area contributed by atoms with Crippen molar-refractivity contribution in [2.75, 3.05) is 12.4 Å². The molecule has 24 heavy (non-hydrogen) atoms. The monoisotopic (exact) mass is 324 g/mol. The topological polar surface area (TPSA) is 89.3 Å². The molecule has 0 aliphatic carbocycles. The first kappa shape index (κ1) is 15.5. The van der Waals surface area contributed by atoms with E-state index < -0.39 is 0 Å². The molecule has 0 unspecified atom stereocenters. The Labute approximate surface area is 138 Å². The number of hydrogen-bond donors (Lipinski definition) is 2. The normalized spacial score (nSPS) is 10.6. The molecule has 0 aliphatic heterocycles. The number of phenolic OH excluding ortho intramolecular Hbond substituents is 1. The summed E-state index contributed by atoms with van der Waals surface area (Å²) in [5.74, 6) is 0.315. The van der Waals surface area contributed by atoms with Gasteiger partial charge in [-0.05, 0) is 31.2 Å². The molecule has 7 nitrogen and oxygen atoms in total. The number of aromatic nitrogens is 3. The van der Waals surface area contributed by atoms with Gasteiger partial charge in [-0.1, -0.05) is 6.58 Å². The molecule has 3 aromatic rings. The average Bonchev–Trinajstić information content (AvgIpc) is 2.97. The van der Waals surface area contributed by atoms with Crippen LogP contribution in [0.5, 0.6) is 11.5 Å². The Bertz CT molecular complexity index is 946. The molecule has 3 rings (SSSR count). The molecule has 0 spiro atoms. The van der Waals surface area contributed by atoms with E-state index >= 15 is 0 Å². The van der Waals surface area contributed by atoms with E-state index in [2.05, 4.69) is 22.1 Å². The van der Waals surface area contributed by atoms with Crippen LogP contribution in [0, 0.1) is 0 Å². The van der Waals surface area contributed by atoms with E-state index in [0.717, 1.165) is 0 Å². The molecule has 0 saturated heterocycles. The van der Waals surface area contributed by atoms with Gasteiger partial charge in [0.15, 0.2) is 0 Å². The second-order valence-electron chi connectivity index (χ2n) is 5.28. The zero-order chi connectivity index (χ0) is 17.3. The van der Waals surface area contributed by atoms with Crippen LogP contribution in [0.3, 0.4) is 0 Å². The van der Waals surface area contributed by atoms with E-state index in [1.807, 2.05) is 0 Å². The number of fused-ring (bicyclic) bond motifs is 1. The Morgan fingerprint density at radius 2 is 1.96 bits per heavy atom. The number of carbonyl (C=O) groups excluding carboxylic acids is 1. The number of rotatable bonds is 4. The molecule has 2 aromatic carbocycles. The van der Waals surface area contributed by atoms with Gasteiger partial charge in [0.1, 0.15) is 28.2 Å². The molecule has 7 heteroatoms. The molecule has 122 valence electrons. The van der Waals surface area contributed by atoms with E-state index in [1.165, 1.54) is 10.9 Å². The second kappa shape index (κ2) is 6.04. The molecule has 0 aliphatic rings. The largest absolute Gasteiger partial charge is 0.506 e. The maximum atomic E-state index is 11.6. The number of phenols is 1. The summed E-state index contributed by atoms with van der Waals surface area (Å²) < 4.78 is 5.16. The van der Waals surface area contributed by atoms with Crippen molar-refractivity contribution < 1.29 is 14.6 Å². The molecule has 0 saturated carbocycles. The fourth-order valence-electron chi connectivity index (χ4n) is 2.14. The first-order valence-corrected chi connectivity index (χ1v) is 7.19. The third kappa shape index (κ3) is 2.91. The third-order valence-corrected chi connectivity index (χ3v) is 3.42. The van der Waals surface area contributed by atoms with Gasteiger partial charge in [0.25, 0.3) is 5.91 Å². The third-order valence-electron chi connectivity index (χ3n) is 3.42. The van der Waals surface area contributed by atoms with Gasteiger partial charge in [-0.3, -0.25) is 4.79 Å². The summed E-state index contributed by atoms with van der Waals surface area (Å²) in [5, 5.41) is 21.5. The smallest absolute Gasteiger partial charge is 0.250 e. The van der Waals surface area contributed by atoms with Crippen molar-refractivity contribution in [3.63, 3.8) is 0 Å². The van der Waals surface area contributed by atoms with Crippen LogP contribution in [0.2, 0.25) is 0 Å². The van der Waals surface area contributed by atoms with Crippen molar-refractivity contribution >= 4 is 22.6 Å². The molecule has 0 radical (unpaired) electrons. The number of methoxy groups -OCH3 is 1. The predicted molar refractivity (Wildman–Crippen MR) is 90.5 cm³/mol. The molecule has 2 N–H and O–H groups in total. The highest BCUT2D eigenvalue weighted by Crippen LogP contribution is 2.26. The van der Waals surface area contributed by atoms with Crippen LogP contribution in [-0.4, -0.2) is 33.1 Å². The van der Waals surface area contributed by atoms with Crippen molar-refractivity contribution in [1.29, 1.82) is 0 Å². The summed E-state index contributed by atoms with van der Waals surface area (Å²) >= 11 is 0. The predicted octanol–water partition coefficient (Wildman–Crippen LogP) is 2.65. The van der Waals surface area contributed by atoms with Crippen LogP contribution in [0.1, 0.15) is 6.92 Å². The highest BCUT2D eigenvalue weighted by Gasteiger charge is 2.11. The fourth-order valence-corrected chi connectivity index (χ4v) is 2.14. The minimum absolute atomic E-state index is 0.0539. The van der Waals surface area contributed by atoms with Crippen LogP contribution in [0.15, 0.2) is 48.6 Å². The number of amides is 1. The first-order chi connectivity index (χ1) is 11.5. The standard InChI is InChI=1S/C17H16N4O3/c1-10(2)17(23)18-11-4-7-15(16(22)8-11)21-19-13-6-5-12(24-3)9-14(13)20-21/h4-9,22H,1H2,2-3H3,(H,18,23). The summed E-state index contributed by atoms with van der Waals surface area (Å²) in [5.41, 5.74) is 2.57. The van der Waals surface area contributed by atoms with Gasteiger partial charge in [-0.15, -0.1) is 15.0 Å². The molecule has 1 heterocycles. The molecule has 0 atom stereocenters. The van der Waals surface area contributed by atoms with Crippen LogP contribution in [0.25, 0.3) is 16.7 Å². The minimum atomic E-state index is -0.308. The number of anilines is 1. The fraction of sp³-hybridized carbons (Fsp3) is 0.118. The van der Waals surface area contributed by atoms with E-state index in [1.54, 1.807) is 44.4 Å². The maximum Gasteiger partial charge on any atom is 0.250 e. The zero-order valence-corrected chi connectivity index (χ0v) is 13.3. The van der Waals surface area contributed by atoms with Crippen LogP contribution in [-0.2, 0) is 4.79 Å².